The van der Waals surface area contributed by atoms with Crippen molar-refractivity contribution < 1.29 is 9.59 Å². The molecule has 19 heavy (non-hydrogen) atoms. The third-order valence-corrected chi connectivity index (χ3v) is 3.84. The van der Waals surface area contributed by atoms with Crippen molar-refractivity contribution in [3.8, 4) is 0 Å². The Kier molecular flexibility index (Phi) is 6.89. The van der Waals surface area contributed by atoms with Gasteiger partial charge in [0.05, 0.1) is 0 Å². The molecule has 0 aromatic carbocycles. The Morgan fingerprint density at radius 1 is 1.05 bits per heavy atom. The number of hydrogen-bond donors (Lipinski definition) is 1. The molecule has 1 fully saturated rings. The lowest BCUT2D eigenvalue weighted by Crippen LogP contribution is -2.41. The van der Waals surface area contributed by atoms with Crippen LogP contribution in [-0.4, -0.2) is 28.9 Å². The zero-order valence-corrected chi connectivity index (χ0v) is 12.6. The Morgan fingerprint density at radius 2 is 1.79 bits per heavy atom. The largest absolute Gasteiger partial charge is 0.326 e. The predicted molar refractivity (Wildman–Crippen MR) is 76.9 cm³/mol. The van der Waals surface area contributed by atoms with Gasteiger partial charge in [-0.05, 0) is 19.3 Å². The molecule has 2 atom stereocenters. The summed E-state index contributed by atoms with van der Waals surface area (Å²) in [6.45, 7) is 6.23. The number of rotatable bonds is 9. The van der Waals surface area contributed by atoms with Crippen molar-refractivity contribution in [3.05, 3.63) is 0 Å². The van der Waals surface area contributed by atoms with Crippen LogP contribution >= 0.6 is 0 Å². The number of urea groups is 1. The van der Waals surface area contributed by atoms with E-state index in [9.17, 15) is 9.59 Å². The van der Waals surface area contributed by atoms with Crippen LogP contribution in [0.2, 0.25) is 0 Å². The number of imide groups is 1. The van der Waals surface area contributed by atoms with Gasteiger partial charge in [0.15, 0.2) is 0 Å². The zero-order valence-electron chi connectivity index (χ0n) is 12.6. The highest BCUT2D eigenvalue weighted by Crippen LogP contribution is 2.21. The number of nitrogens with zero attached hydrogens (tertiary/aromatic N) is 1. The van der Waals surface area contributed by atoms with Gasteiger partial charge in [0.2, 0.25) is 0 Å². The molecule has 1 rings (SSSR count). The molecule has 0 saturated carbocycles. The fourth-order valence-electron chi connectivity index (χ4n) is 2.71. The maximum atomic E-state index is 12.2. The van der Waals surface area contributed by atoms with E-state index in [1.807, 2.05) is 6.92 Å². The van der Waals surface area contributed by atoms with Crippen molar-refractivity contribution in [2.45, 2.75) is 84.2 Å². The van der Waals surface area contributed by atoms with Gasteiger partial charge in [-0.15, -0.1) is 0 Å². The van der Waals surface area contributed by atoms with Gasteiger partial charge < -0.3 is 5.32 Å². The average Bonchev–Trinajstić information content (AvgIpc) is 2.68. The topological polar surface area (TPSA) is 49.4 Å². The molecule has 1 aliphatic rings. The lowest BCUT2D eigenvalue weighted by Gasteiger charge is -2.25. The minimum Gasteiger partial charge on any atom is -0.326 e. The van der Waals surface area contributed by atoms with E-state index in [1.165, 1.54) is 24.2 Å². The molecule has 4 nitrogen and oxygen atoms in total. The number of nitrogens with one attached hydrogen (secondary N) is 1. The van der Waals surface area contributed by atoms with E-state index >= 15 is 0 Å². The summed E-state index contributed by atoms with van der Waals surface area (Å²) in [5, 5.41) is 2.78. The zero-order chi connectivity index (χ0) is 14.3. The van der Waals surface area contributed by atoms with Gasteiger partial charge in [0.1, 0.15) is 6.04 Å². The highest BCUT2D eigenvalue weighted by atomic mass is 16.2. The first-order valence-corrected chi connectivity index (χ1v) is 7.79. The Hall–Kier alpha value is -1.06. The Morgan fingerprint density at radius 3 is 2.32 bits per heavy atom. The van der Waals surface area contributed by atoms with Gasteiger partial charge in [-0.1, -0.05) is 52.9 Å². The molecule has 0 radical (unpaired) electrons. The minimum atomic E-state index is -0.303. The molecule has 1 heterocycles. The molecule has 1 aliphatic heterocycles. The van der Waals surface area contributed by atoms with Crippen LogP contribution < -0.4 is 5.32 Å². The van der Waals surface area contributed by atoms with E-state index in [4.69, 9.17) is 0 Å². The van der Waals surface area contributed by atoms with Crippen LogP contribution in [0.4, 0.5) is 4.79 Å². The molecular weight excluding hydrogens is 240 g/mol. The van der Waals surface area contributed by atoms with Crippen LogP contribution in [0.15, 0.2) is 0 Å². The Labute approximate surface area is 116 Å². The normalized spacial score (nSPS) is 20.8. The Balaban J connectivity index is 2.59. The average molecular weight is 268 g/mol. The smallest absolute Gasteiger partial charge is 0.325 e. The van der Waals surface area contributed by atoms with Gasteiger partial charge in [0.25, 0.3) is 5.91 Å². The number of hydrogen-bond acceptors (Lipinski definition) is 2. The van der Waals surface area contributed by atoms with Crippen LogP contribution in [-0.2, 0) is 4.79 Å². The second-order valence-corrected chi connectivity index (χ2v) is 5.41. The summed E-state index contributed by atoms with van der Waals surface area (Å²) >= 11 is 0. The number of amides is 3. The molecule has 0 aromatic rings. The first kappa shape index (κ1) is 16.0. The summed E-state index contributed by atoms with van der Waals surface area (Å²) in [7, 11) is 0. The van der Waals surface area contributed by atoms with Gasteiger partial charge in [0, 0.05) is 6.04 Å². The monoisotopic (exact) mass is 268 g/mol. The van der Waals surface area contributed by atoms with Crippen LogP contribution in [0.25, 0.3) is 0 Å². The van der Waals surface area contributed by atoms with Crippen LogP contribution in [0.5, 0.6) is 0 Å². The second kappa shape index (κ2) is 8.18. The summed E-state index contributed by atoms with van der Waals surface area (Å²) in [6, 6.07) is -0.404. The van der Waals surface area contributed by atoms with Crippen LogP contribution in [0.3, 0.4) is 0 Å². The van der Waals surface area contributed by atoms with Gasteiger partial charge in [-0.3, -0.25) is 9.69 Å². The predicted octanol–water partition coefficient (Wildman–Crippen LogP) is 3.46. The van der Waals surface area contributed by atoms with Crippen molar-refractivity contribution >= 4 is 11.9 Å². The molecule has 1 N–H and O–H groups in total. The number of carbonyl (C=O) groups is 2. The molecule has 3 amide bonds. The fraction of sp³-hybridized carbons (Fsp3) is 0.867. The summed E-state index contributed by atoms with van der Waals surface area (Å²) in [5.41, 5.74) is 0. The van der Waals surface area contributed by atoms with Gasteiger partial charge in [-0.25, -0.2) is 4.79 Å². The van der Waals surface area contributed by atoms with Crippen molar-refractivity contribution in [3.63, 3.8) is 0 Å². The van der Waals surface area contributed by atoms with E-state index < -0.39 is 0 Å². The standard InChI is InChI=1S/C15H28N2O2/c1-4-7-8-9-11-12(10-5-2)17-14(18)13(6-3)16-15(17)19/h12-13H,4-11H2,1-3H3,(H,16,19)/t12?,13-/m1/s1. The molecule has 4 heteroatoms. The lowest BCUT2D eigenvalue weighted by molar-refractivity contribution is -0.129. The SMILES string of the molecule is CCCCCCC(CCC)N1C(=O)N[C@H](CC)C1=O. The molecule has 1 unspecified atom stereocenters. The van der Waals surface area contributed by atoms with E-state index in [0.717, 1.165) is 25.7 Å². The molecule has 110 valence electrons. The van der Waals surface area contributed by atoms with E-state index in [-0.39, 0.29) is 24.0 Å². The molecule has 0 aliphatic carbocycles. The summed E-state index contributed by atoms with van der Waals surface area (Å²) < 4.78 is 0. The quantitative estimate of drug-likeness (QED) is 0.514. The maximum Gasteiger partial charge on any atom is 0.325 e. The molecule has 0 spiro atoms. The van der Waals surface area contributed by atoms with Crippen molar-refractivity contribution in [2.75, 3.05) is 0 Å². The number of carbonyl (C=O) groups excluding carboxylic acids is 2. The first-order valence-electron chi connectivity index (χ1n) is 7.79. The van der Waals surface area contributed by atoms with Crippen molar-refractivity contribution in [1.82, 2.24) is 10.2 Å². The Bertz CT molecular complexity index is 305. The lowest BCUT2D eigenvalue weighted by atomic mass is 10.0. The maximum absolute atomic E-state index is 12.2. The molecule has 1 saturated heterocycles. The van der Waals surface area contributed by atoms with Crippen molar-refractivity contribution in [2.24, 2.45) is 0 Å². The van der Waals surface area contributed by atoms with E-state index in [1.54, 1.807) is 0 Å². The minimum absolute atomic E-state index is 0.0264. The summed E-state index contributed by atoms with van der Waals surface area (Å²) in [5.74, 6) is -0.0264. The van der Waals surface area contributed by atoms with Crippen molar-refractivity contribution in [1.29, 1.82) is 0 Å². The third-order valence-electron chi connectivity index (χ3n) is 3.84. The number of unbranched alkanes of at least 4 members (excludes halogenated alkanes) is 3. The summed E-state index contributed by atoms with van der Waals surface area (Å²) in [6.07, 6.45) is 8.28. The van der Waals surface area contributed by atoms with E-state index in [2.05, 4.69) is 19.2 Å². The summed E-state index contributed by atoms with van der Waals surface area (Å²) in [4.78, 5) is 25.6. The van der Waals surface area contributed by atoms with Gasteiger partial charge >= 0.3 is 6.03 Å². The highest BCUT2D eigenvalue weighted by Gasteiger charge is 2.40. The highest BCUT2D eigenvalue weighted by molar-refractivity contribution is 6.04. The molecular formula is C15H28N2O2. The third kappa shape index (κ3) is 4.22. The second-order valence-electron chi connectivity index (χ2n) is 5.41. The van der Waals surface area contributed by atoms with E-state index in [0.29, 0.717) is 6.42 Å². The molecule has 0 aromatic heterocycles. The van der Waals surface area contributed by atoms with Gasteiger partial charge in [-0.2, -0.15) is 0 Å². The van der Waals surface area contributed by atoms with Crippen LogP contribution in [0.1, 0.15) is 72.1 Å². The van der Waals surface area contributed by atoms with Crippen LogP contribution in [0, 0.1) is 0 Å². The first-order chi connectivity index (χ1) is 9.15. The molecule has 0 bridgehead atoms. The fourth-order valence-corrected chi connectivity index (χ4v) is 2.71.